The zero-order chi connectivity index (χ0) is 11.7. The molecule has 0 aliphatic rings. The standard InChI is InChI=1S/C9H23N3O2S/c1-4-7-11-15(13,14)12(3)9-6-8-10-5-2/h10-11H,4-9H2,1-3H3. The van der Waals surface area contributed by atoms with Crippen LogP contribution in [0.15, 0.2) is 0 Å². The Kier molecular flexibility index (Phi) is 7.95. The monoisotopic (exact) mass is 237 g/mol. The molecule has 0 aromatic heterocycles. The molecule has 0 saturated heterocycles. The van der Waals surface area contributed by atoms with Gasteiger partial charge < -0.3 is 5.32 Å². The predicted octanol–water partition coefficient (Wildman–Crippen LogP) is 0.162. The zero-order valence-electron chi connectivity index (χ0n) is 9.91. The van der Waals surface area contributed by atoms with E-state index in [0.717, 1.165) is 25.9 Å². The molecule has 0 amide bonds. The maximum Gasteiger partial charge on any atom is 0.279 e. The minimum absolute atomic E-state index is 0.500. The van der Waals surface area contributed by atoms with E-state index in [1.807, 2.05) is 13.8 Å². The summed E-state index contributed by atoms with van der Waals surface area (Å²) in [5.74, 6) is 0. The van der Waals surface area contributed by atoms with Crippen molar-refractivity contribution in [1.29, 1.82) is 0 Å². The average molecular weight is 237 g/mol. The van der Waals surface area contributed by atoms with Crippen LogP contribution in [-0.4, -0.2) is 45.9 Å². The van der Waals surface area contributed by atoms with Crippen LogP contribution in [0, 0.1) is 0 Å². The summed E-state index contributed by atoms with van der Waals surface area (Å²) in [4.78, 5) is 0. The Labute approximate surface area is 93.4 Å². The van der Waals surface area contributed by atoms with Crippen molar-refractivity contribution in [1.82, 2.24) is 14.3 Å². The second-order valence-electron chi connectivity index (χ2n) is 3.43. The van der Waals surface area contributed by atoms with E-state index in [1.165, 1.54) is 4.31 Å². The molecule has 0 aliphatic carbocycles. The van der Waals surface area contributed by atoms with Crippen molar-refractivity contribution in [2.75, 3.05) is 33.2 Å². The Hall–Kier alpha value is -0.170. The topological polar surface area (TPSA) is 61.4 Å². The lowest BCUT2D eigenvalue weighted by atomic mass is 10.4. The van der Waals surface area contributed by atoms with E-state index < -0.39 is 10.2 Å². The first-order valence-electron chi connectivity index (χ1n) is 5.46. The summed E-state index contributed by atoms with van der Waals surface area (Å²) in [6.07, 6.45) is 1.64. The highest BCUT2D eigenvalue weighted by atomic mass is 32.2. The molecule has 0 radical (unpaired) electrons. The van der Waals surface area contributed by atoms with Crippen LogP contribution in [0.1, 0.15) is 26.7 Å². The van der Waals surface area contributed by atoms with Crippen LogP contribution in [0.2, 0.25) is 0 Å². The maximum atomic E-state index is 11.5. The fourth-order valence-electron chi connectivity index (χ4n) is 1.06. The molecular weight excluding hydrogens is 214 g/mol. The Bertz CT molecular complexity index is 242. The number of nitrogens with one attached hydrogen (secondary N) is 2. The van der Waals surface area contributed by atoms with E-state index in [9.17, 15) is 8.42 Å². The molecule has 0 unspecified atom stereocenters. The molecule has 0 fully saturated rings. The molecular formula is C9H23N3O2S. The van der Waals surface area contributed by atoms with Crippen molar-refractivity contribution in [3.8, 4) is 0 Å². The lowest BCUT2D eigenvalue weighted by Gasteiger charge is -2.17. The predicted molar refractivity (Wildman–Crippen MR) is 63.0 cm³/mol. The van der Waals surface area contributed by atoms with Gasteiger partial charge in [-0.1, -0.05) is 13.8 Å². The molecule has 0 rings (SSSR count). The van der Waals surface area contributed by atoms with Crippen molar-refractivity contribution in [2.45, 2.75) is 26.7 Å². The van der Waals surface area contributed by atoms with Crippen molar-refractivity contribution in [2.24, 2.45) is 0 Å². The van der Waals surface area contributed by atoms with Gasteiger partial charge in [-0.3, -0.25) is 0 Å². The third-order valence-electron chi connectivity index (χ3n) is 2.02. The highest BCUT2D eigenvalue weighted by Crippen LogP contribution is 1.95. The molecule has 0 atom stereocenters. The Balaban J connectivity index is 3.81. The summed E-state index contributed by atoms with van der Waals surface area (Å²) in [6.45, 7) is 6.79. The SMILES string of the molecule is CCCNS(=O)(=O)N(C)CCCNCC. The van der Waals surface area contributed by atoms with Crippen LogP contribution < -0.4 is 10.0 Å². The zero-order valence-corrected chi connectivity index (χ0v) is 10.7. The van der Waals surface area contributed by atoms with E-state index in [0.29, 0.717) is 13.1 Å². The first kappa shape index (κ1) is 14.8. The van der Waals surface area contributed by atoms with Gasteiger partial charge in [-0.25, -0.2) is 4.72 Å². The van der Waals surface area contributed by atoms with Gasteiger partial charge in [0, 0.05) is 20.1 Å². The average Bonchev–Trinajstić information content (AvgIpc) is 2.21. The summed E-state index contributed by atoms with van der Waals surface area (Å²) < 4.78 is 27.0. The van der Waals surface area contributed by atoms with Crippen LogP contribution in [0.5, 0.6) is 0 Å². The molecule has 2 N–H and O–H groups in total. The van der Waals surface area contributed by atoms with E-state index in [1.54, 1.807) is 7.05 Å². The molecule has 5 nitrogen and oxygen atoms in total. The molecule has 0 saturated carbocycles. The van der Waals surface area contributed by atoms with Crippen molar-refractivity contribution in [3.63, 3.8) is 0 Å². The van der Waals surface area contributed by atoms with Gasteiger partial charge in [0.05, 0.1) is 0 Å². The lowest BCUT2D eigenvalue weighted by molar-refractivity contribution is 0.445. The minimum atomic E-state index is -3.25. The molecule has 0 bridgehead atoms. The second-order valence-corrected chi connectivity index (χ2v) is 5.29. The highest BCUT2D eigenvalue weighted by Gasteiger charge is 2.15. The maximum absolute atomic E-state index is 11.5. The fourth-order valence-corrected chi connectivity index (χ4v) is 2.12. The number of nitrogens with zero attached hydrogens (tertiary/aromatic N) is 1. The van der Waals surface area contributed by atoms with Crippen LogP contribution in [0.25, 0.3) is 0 Å². The van der Waals surface area contributed by atoms with E-state index >= 15 is 0 Å². The minimum Gasteiger partial charge on any atom is -0.317 e. The van der Waals surface area contributed by atoms with Crippen LogP contribution in [0.4, 0.5) is 0 Å². The number of rotatable bonds is 9. The molecule has 0 aliphatic heterocycles. The van der Waals surface area contributed by atoms with Gasteiger partial charge >= 0.3 is 0 Å². The summed E-state index contributed by atoms with van der Waals surface area (Å²) in [5.41, 5.74) is 0. The van der Waals surface area contributed by atoms with Gasteiger partial charge in [0.15, 0.2) is 0 Å². The molecule has 0 spiro atoms. The van der Waals surface area contributed by atoms with Gasteiger partial charge in [-0.05, 0) is 25.9 Å². The molecule has 6 heteroatoms. The summed E-state index contributed by atoms with van der Waals surface area (Å²) in [5, 5.41) is 3.16. The van der Waals surface area contributed by atoms with E-state index in [-0.39, 0.29) is 0 Å². The number of hydrogen-bond acceptors (Lipinski definition) is 3. The second kappa shape index (κ2) is 8.04. The first-order valence-corrected chi connectivity index (χ1v) is 6.90. The summed E-state index contributed by atoms with van der Waals surface area (Å²) >= 11 is 0. The van der Waals surface area contributed by atoms with Crippen LogP contribution in [-0.2, 0) is 10.2 Å². The Morgan fingerprint density at radius 3 is 2.40 bits per heavy atom. The van der Waals surface area contributed by atoms with Crippen molar-refractivity contribution in [3.05, 3.63) is 0 Å². The Morgan fingerprint density at radius 1 is 1.20 bits per heavy atom. The highest BCUT2D eigenvalue weighted by molar-refractivity contribution is 7.87. The summed E-state index contributed by atoms with van der Waals surface area (Å²) in [6, 6.07) is 0. The van der Waals surface area contributed by atoms with E-state index in [4.69, 9.17) is 0 Å². The first-order chi connectivity index (χ1) is 7.04. The third kappa shape index (κ3) is 6.83. The van der Waals surface area contributed by atoms with E-state index in [2.05, 4.69) is 10.0 Å². The lowest BCUT2D eigenvalue weighted by Crippen LogP contribution is -2.39. The van der Waals surface area contributed by atoms with Crippen molar-refractivity contribution < 1.29 is 8.42 Å². The largest absolute Gasteiger partial charge is 0.317 e. The molecule has 92 valence electrons. The van der Waals surface area contributed by atoms with Gasteiger partial charge in [-0.15, -0.1) is 0 Å². The smallest absolute Gasteiger partial charge is 0.279 e. The Morgan fingerprint density at radius 2 is 1.87 bits per heavy atom. The van der Waals surface area contributed by atoms with Gasteiger partial charge in [-0.2, -0.15) is 12.7 Å². The third-order valence-corrected chi connectivity index (χ3v) is 3.59. The number of hydrogen-bond donors (Lipinski definition) is 2. The molecule has 15 heavy (non-hydrogen) atoms. The molecule has 0 heterocycles. The normalized spacial score (nSPS) is 12.3. The molecule has 0 aromatic carbocycles. The molecule has 0 aromatic rings. The van der Waals surface area contributed by atoms with Gasteiger partial charge in [0.25, 0.3) is 10.2 Å². The van der Waals surface area contributed by atoms with Gasteiger partial charge in [0.1, 0.15) is 0 Å². The summed E-state index contributed by atoms with van der Waals surface area (Å²) in [7, 11) is -1.65. The van der Waals surface area contributed by atoms with Crippen molar-refractivity contribution >= 4 is 10.2 Å². The quantitative estimate of drug-likeness (QED) is 0.562. The van der Waals surface area contributed by atoms with Crippen LogP contribution >= 0.6 is 0 Å². The van der Waals surface area contributed by atoms with Gasteiger partial charge in [0.2, 0.25) is 0 Å². The van der Waals surface area contributed by atoms with Crippen LogP contribution in [0.3, 0.4) is 0 Å². The fraction of sp³-hybridized carbons (Fsp3) is 1.00.